The number of nitrogens with zero attached hydrogens (tertiary/aromatic N) is 3. The number of alkyl halides is 3. The topological polar surface area (TPSA) is 50.9 Å². The van der Waals surface area contributed by atoms with Gasteiger partial charge in [-0.25, -0.2) is 0 Å². The monoisotopic (exact) mass is 345 g/mol. The van der Waals surface area contributed by atoms with Crippen LogP contribution in [0.25, 0.3) is 0 Å². The molecule has 0 fully saturated rings. The molecular weight excluding hydrogens is 327 g/mol. The molecule has 1 heterocycles. The fraction of sp³-hybridized carbons (Fsp3) is 0.467. The lowest BCUT2D eigenvalue weighted by molar-refractivity contribution is -0.137. The van der Waals surface area contributed by atoms with Gasteiger partial charge in [0.1, 0.15) is 6.61 Å². The summed E-state index contributed by atoms with van der Waals surface area (Å²) in [6.07, 6.45) is -3.46. The van der Waals surface area contributed by atoms with Gasteiger partial charge < -0.3 is 9.67 Å². The molecule has 1 unspecified atom stereocenters. The molecule has 1 aromatic carbocycles. The minimum atomic E-state index is -4.33. The molecular formula is C15H18F3N3OS. The fourth-order valence-electron chi connectivity index (χ4n) is 2.14. The number of aromatic nitrogens is 3. The average molecular weight is 345 g/mol. The zero-order valence-corrected chi connectivity index (χ0v) is 13.7. The van der Waals surface area contributed by atoms with Crippen molar-refractivity contribution in [2.75, 3.05) is 0 Å². The van der Waals surface area contributed by atoms with Crippen molar-refractivity contribution in [3.8, 4) is 0 Å². The average Bonchev–Trinajstić information content (AvgIpc) is 2.89. The first kappa shape index (κ1) is 17.8. The Balaban J connectivity index is 2.16. The molecule has 0 spiro atoms. The molecule has 0 saturated carbocycles. The van der Waals surface area contributed by atoms with Crippen LogP contribution < -0.4 is 0 Å². The van der Waals surface area contributed by atoms with Crippen molar-refractivity contribution in [3.05, 3.63) is 41.2 Å². The Bertz CT molecular complexity index is 640. The molecule has 0 amide bonds. The smallest absolute Gasteiger partial charge is 0.388 e. The van der Waals surface area contributed by atoms with Gasteiger partial charge in [0.2, 0.25) is 0 Å². The number of aliphatic hydroxyl groups is 1. The van der Waals surface area contributed by atoms with Gasteiger partial charge in [0, 0.05) is 11.8 Å². The fourth-order valence-corrected chi connectivity index (χ4v) is 3.16. The van der Waals surface area contributed by atoms with Gasteiger partial charge in [0.15, 0.2) is 11.0 Å². The molecule has 0 aliphatic rings. The van der Waals surface area contributed by atoms with E-state index in [0.717, 1.165) is 24.1 Å². The summed E-state index contributed by atoms with van der Waals surface area (Å²) in [4.78, 5) is 0. The van der Waals surface area contributed by atoms with Gasteiger partial charge in [-0.2, -0.15) is 13.2 Å². The third kappa shape index (κ3) is 4.26. The number of aliphatic hydroxyl groups excluding tert-OH is 1. The van der Waals surface area contributed by atoms with Crippen molar-refractivity contribution in [2.24, 2.45) is 0 Å². The molecule has 2 rings (SSSR count). The van der Waals surface area contributed by atoms with E-state index in [4.69, 9.17) is 0 Å². The number of thioether (sulfide) groups is 1. The van der Waals surface area contributed by atoms with Gasteiger partial charge in [-0.05, 0) is 31.0 Å². The number of hydrogen-bond donors (Lipinski definition) is 1. The number of benzene rings is 1. The summed E-state index contributed by atoms with van der Waals surface area (Å²) in [6, 6.07) is 5.13. The third-order valence-electron chi connectivity index (χ3n) is 3.37. The van der Waals surface area contributed by atoms with Crippen molar-refractivity contribution < 1.29 is 18.3 Å². The van der Waals surface area contributed by atoms with E-state index in [1.54, 1.807) is 0 Å². The lowest BCUT2D eigenvalue weighted by Gasteiger charge is -2.14. The summed E-state index contributed by atoms with van der Waals surface area (Å²) in [5.41, 5.74) is 0.120. The molecule has 1 atom stereocenters. The first-order chi connectivity index (χ1) is 10.9. The van der Waals surface area contributed by atoms with Gasteiger partial charge >= 0.3 is 6.18 Å². The van der Waals surface area contributed by atoms with Crippen molar-refractivity contribution >= 4 is 11.8 Å². The van der Waals surface area contributed by atoms with E-state index in [0.29, 0.717) is 17.5 Å². The quantitative estimate of drug-likeness (QED) is 0.803. The van der Waals surface area contributed by atoms with E-state index in [1.165, 1.54) is 23.9 Å². The molecule has 0 radical (unpaired) electrons. The Labute approximate surface area is 136 Å². The highest BCUT2D eigenvalue weighted by molar-refractivity contribution is 7.99. The van der Waals surface area contributed by atoms with Crippen LogP contribution in [0, 0.1) is 0 Å². The summed E-state index contributed by atoms with van der Waals surface area (Å²) in [5.74, 6) is 0.494. The molecule has 23 heavy (non-hydrogen) atoms. The second-order valence-corrected chi connectivity index (χ2v) is 6.40. The van der Waals surface area contributed by atoms with Crippen molar-refractivity contribution in [1.82, 2.24) is 14.8 Å². The number of halogens is 3. The van der Waals surface area contributed by atoms with Gasteiger partial charge in [-0.15, -0.1) is 10.2 Å². The van der Waals surface area contributed by atoms with Crippen LogP contribution in [0.1, 0.15) is 42.5 Å². The van der Waals surface area contributed by atoms with Crippen LogP contribution in [-0.2, 0) is 19.3 Å². The molecule has 1 aromatic heterocycles. The van der Waals surface area contributed by atoms with Crippen LogP contribution in [-0.4, -0.2) is 19.9 Å². The van der Waals surface area contributed by atoms with Crippen molar-refractivity contribution in [3.63, 3.8) is 0 Å². The normalized spacial score (nSPS) is 13.3. The molecule has 2 aromatic rings. The summed E-state index contributed by atoms with van der Waals surface area (Å²) in [7, 11) is 0. The highest BCUT2D eigenvalue weighted by Crippen LogP contribution is 2.36. The summed E-state index contributed by atoms with van der Waals surface area (Å²) >= 11 is 1.41. The van der Waals surface area contributed by atoms with Gasteiger partial charge in [-0.3, -0.25) is 0 Å². The summed E-state index contributed by atoms with van der Waals surface area (Å²) in [6.45, 7) is 4.40. The minimum absolute atomic E-state index is 0.0800. The summed E-state index contributed by atoms with van der Waals surface area (Å²) in [5, 5.41) is 17.9. The lowest BCUT2D eigenvalue weighted by Crippen LogP contribution is -2.06. The van der Waals surface area contributed by atoms with Crippen LogP contribution >= 0.6 is 11.8 Å². The molecule has 0 bridgehead atoms. The molecule has 0 saturated heterocycles. The molecule has 1 N–H and O–H groups in total. The SMILES string of the molecule is CCCn1c(CO)nnc1SC(C)c1ccc(C(F)(F)F)cc1. The summed E-state index contributed by atoms with van der Waals surface area (Å²) < 4.78 is 39.6. The maximum Gasteiger partial charge on any atom is 0.416 e. The van der Waals surface area contributed by atoms with E-state index in [1.807, 2.05) is 18.4 Å². The zero-order chi connectivity index (χ0) is 17.0. The standard InChI is InChI=1S/C15H18F3N3OS/c1-3-8-21-13(9-22)19-20-14(21)23-10(2)11-4-6-12(7-5-11)15(16,17)18/h4-7,10,22H,3,8-9H2,1-2H3. The second-order valence-electron chi connectivity index (χ2n) is 5.09. The van der Waals surface area contributed by atoms with Gasteiger partial charge in [-0.1, -0.05) is 30.8 Å². The van der Waals surface area contributed by atoms with Crippen LogP contribution in [0.5, 0.6) is 0 Å². The Morgan fingerprint density at radius 2 is 1.87 bits per heavy atom. The van der Waals surface area contributed by atoms with E-state index in [-0.39, 0.29) is 11.9 Å². The number of rotatable bonds is 6. The first-order valence-corrected chi connectivity index (χ1v) is 8.11. The molecule has 8 heteroatoms. The third-order valence-corrected chi connectivity index (χ3v) is 4.51. The molecule has 4 nitrogen and oxygen atoms in total. The van der Waals surface area contributed by atoms with Gasteiger partial charge in [0.25, 0.3) is 0 Å². The van der Waals surface area contributed by atoms with Gasteiger partial charge in [0.05, 0.1) is 5.56 Å². The molecule has 0 aliphatic carbocycles. The Morgan fingerprint density at radius 3 is 2.39 bits per heavy atom. The minimum Gasteiger partial charge on any atom is -0.388 e. The Kier molecular flexibility index (Phi) is 5.69. The zero-order valence-electron chi connectivity index (χ0n) is 12.8. The van der Waals surface area contributed by atoms with Crippen molar-refractivity contribution in [1.29, 1.82) is 0 Å². The predicted molar refractivity (Wildman–Crippen MR) is 82.0 cm³/mol. The molecule has 126 valence electrons. The first-order valence-electron chi connectivity index (χ1n) is 7.23. The van der Waals surface area contributed by atoms with E-state index >= 15 is 0 Å². The van der Waals surface area contributed by atoms with Crippen molar-refractivity contribution in [2.45, 2.75) is 50.0 Å². The molecule has 0 aliphatic heterocycles. The number of hydrogen-bond acceptors (Lipinski definition) is 4. The Hall–Kier alpha value is -1.54. The highest BCUT2D eigenvalue weighted by Gasteiger charge is 2.30. The van der Waals surface area contributed by atoms with Crippen LogP contribution in [0.3, 0.4) is 0 Å². The lowest BCUT2D eigenvalue weighted by atomic mass is 10.1. The largest absolute Gasteiger partial charge is 0.416 e. The Morgan fingerprint density at radius 1 is 1.22 bits per heavy atom. The maximum atomic E-state index is 12.6. The van der Waals surface area contributed by atoms with Crippen LogP contribution in [0.4, 0.5) is 13.2 Å². The van der Waals surface area contributed by atoms with Crippen LogP contribution in [0.2, 0.25) is 0 Å². The van der Waals surface area contributed by atoms with E-state index in [2.05, 4.69) is 10.2 Å². The highest BCUT2D eigenvalue weighted by atomic mass is 32.2. The second kappa shape index (κ2) is 7.35. The van der Waals surface area contributed by atoms with E-state index in [9.17, 15) is 18.3 Å². The maximum absolute atomic E-state index is 12.6. The van der Waals surface area contributed by atoms with Crippen LogP contribution in [0.15, 0.2) is 29.4 Å². The van der Waals surface area contributed by atoms with E-state index < -0.39 is 11.7 Å². The predicted octanol–water partition coefficient (Wildman–Crippen LogP) is 4.05.